The maximum atomic E-state index is 12.6. The first-order valence-corrected chi connectivity index (χ1v) is 15.7. The molecule has 0 aliphatic heterocycles. The van der Waals surface area contributed by atoms with Crippen LogP contribution in [-0.2, 0) is 52.2 Å². The molecular formula is C33H55N3O11. The van der Waals surface area contributed by atoms with E-state index in [1.54, 1.807) is 0 Å². The number of carbonyl (C=O) groups excluding carboxylic acids is 2. The van der Waals surface area contributed by atoms with Crippen molar-refractivity contribution in [3.63, 3.8) is 0 Å². The van der Waals surface area contributed by atoms with Crippen LogP contribution in [0.4, 0.5) is 0 Å². The van der Waals surface area contributed by atoms with Crippen molar-refractivity contribution >= 4 is 11.8 Å². The highest BCUT2D eigenvalue weighted by Gasteiger charge is 2.33. The number of rotatable bonds is 34. The Balaban J connectivity index is 3.75. The van der Waals surface area contributed by atoms with E-state index in [1.807, 2.05) is 6.92 Å². The predicted molar refractivity (Wildman–Crippen MR) is 175 cm³/mol. The summed E-state index contributed by atoms with van der Waals surface area (Å²) in [6.07, 6.45) is 17.0. The average Bonchev–Trinajstić information content (AvgIpc) is 3.04. The summed E-state index contributed by atoms with van der Waals surface area (Å²) < 4.78 is 49.2. The fourth-order valence-electron chi connectivity index (χ4n) is 3.58. The molecule has 1 atom stereocenters. The Morgan fingerprint density at radius 1 is 0.596 bits per heavy atom. The molecule has 0 heterocycles. The van der Waals surface area contributed by atoms with Crippen molar-refractivity contribution in [3.8, 4) is 37.0 Å². The number of nitrogens with two attached hydrogens (primary N) is 1. The summed E-state index contributed by atoms with van der Waals surface area (Å²) in [5.41, 5.74) is 4.61. The fraction of sp³-hybridized carbons (Fsp3) is 0.758. The highest BCUT2D eigenvalue weighted by Crippen LogP contribution is 2.10. The topological polar surface area (TPSA) is 167 Å². The van der Waals surface area contributed by atoms with Crippen LogP contribution in [0, 0.1) is 37.0 Å². The first-order chi connectivity index (χ1) is 22.9. The quantitative estimate of drug-likeness (QED) is 0.0596. The molecule has 4 N–H and O–H groups in total. The van der Waals surface area contributed by atoms with Gasteiger partial charge in [0, 0.05) is 25.4 Å². The monoisotopic (exact) mass is 669 g/mol. The molecule has 0 saturated carbocycles. The number of hydrogen-bond donors (Lipinski definition) is 3. The van der Waals surface area contributed by atoms with E-state index in [4.69, 9.17) is 67.6 Å². The lowest BCUT2D eigenvalue weighted by atomic mass is 10.0. The van der Waals surface area contributed by atoms with E-state index in [9.17, 15) is 9.59 Å². The second kappa shape index (κ2) is 33.1. The molecule has 0 rings (SSSR count). The molecule has 0 aromatic heterocycles. The Labute approximate surface area is 280 Å². The maximum Gasteiger partial charge on any atom is 0.222 e. The van der Waals surface area contributed by atoms with Crippen LogP contribution in [0.1, 0.15) is 26.2 Å². The largest absolute Gasteiger partial charge is 0.379 e. The molecule has 14 heteroatoms. The van der Waals surface area contributed by atoms with Gasteiger partial charge in [0.1, 0.15) is 25.4 Å². The lowest BCUT2D eigenvalue weighted by Crippen LogP contribution is -2.58. The van der Waals surface area contributed by atoms with Gasteiger partial charge in [-0.25, -0.2) is 0 Å². The second-order valence-corrected chi connectivity index (χ2v) is 10.2. The molecule has 14 nitrogen and oxygen atoms in total. The number of hydrogen-bond acceptors (Lipinski definition) is 12. The Morgan fingerprint density at radius 3 is 1.36 bits per heavy atom. The van der Waals surface area contributed by atoms with E-state index < -0.39 is 5.54 Å². The molecule has 0 aliphatic carbocycles. The zero-order chi connectivity index (χ0) is 34.7. The van der Waals surface area contributed by atoms with Crippen LogP contribution >= 0.6 is 0 Å². The van der Waals surface area contributed by atoms with Gasteiger partial charge in [-0.3, -0.25) is 9.59 Å². The maximum absolute atomic E-state index is 12.6. The van der Waals surface area contributed by atoms with E-state index in [2.05, 4.69) is 28.4 Å². The van der Waals surface area contributed by atoms with Gasteiger partial charge in [0.15, 0.2) is 0 Å². The molecule has 0 radical (unpaired) electrons. The van der Waals surface area contributed by atoms with E-state index in [0.29, 0.717) is 92.1 Å². The van der Waals surface area contributed by atoms with Gasteiger partial charge in [0.2, 0.25) is 11.8 Å². The molecule has 268 valence electrons. The molecule has 0 aliphatic rings. The van der Waals surface area contributed by atoms with Crippen LogP contribution in [0.2, 0.25) is 0 Å². The zero-order valence-electron chi connectivity index (χ0n) is 27.9. The van der Waals surface area contributed by atoms with E-state index in [0.717, 1.165) is 0 Å². The van der Waals surface area contributed by atoms with Gasteiger partial charge in [-0.1, -0.05) is 17.8 Å². The van der Waals surface area contributed by atoms with Gasteiger partial charge in [0.05, 0.1) is 99.1 Å². The second-order valence-electron chi connectivity index (χ2n) is 10.2. The summed E-state index contributed by atoms with van der Waals surface area (Å²) in [7, 11) is 0. The minimum absolute atomic E-state index is 0.0191. The van der Waals surface area contributed by atoms with Crippen LogP contribution in [0.25, 0.3) is 0 Å². The number of terminal acetylenes is 3. The SMILES string of the molecule is C#CCOCC(COCC#C)(COCC#C)NC(=O)CCOCCOCCOCCOCCOCCOCCNC(=O)CC[C@@H](C)N. The molecule has 0 aromatic carbocycles. The van der Waals surface area contributed by atoms with E-state index in [1.165, 1.54) is 0 Å². The molecule has 47 heavy (non-hydrogen) atoms. The van der Waals surface area contributed by atoms with Gasteiger partial charge < -0.3 is 59.0 Å². The lowest BCUT2D eigenvalue weighted by molar-refractivity contribution is -0.128. The highest BCUT2D eigenvalue weighted by atomic mass is 16.6. The van der Waals surface area contributed by atoms with Crippen molar-refractivity contribution in [1.29, 1.82) is 0 Å². The van der Waals surface area contributed by atoms with E-state index in [-0.39, 0.29) is 70.5 Å². The van der Waals surface area contributed by atoms with Crippen molar-refractivity contribution in [3.05, 3.63) is 0 Å². The first kappa shape index (κ1) is 44.2. The Morgan fingerprint density at radius 2 is 0.979 bits per heavy atom. The Bertz CT molecular complexity index is 849. The third kappa shape index (κ3) is 30.3. The minimum atomic E-state index is -1.02. The van der Waals surface area contributed by atoms with Gasteiger partial charge in [-0.2, -0.15) is 0 Å². The van der Waals surface area contributed by atoms with Crippen molar-refractivity contribution in [2.45, 2.75) is 37.8 Å². The van der Waals surface area contributed by atoms with Crippen LogP contribution in [-0.4, -0.2) is 149 Å². The van der Waals surface area contributed by atoms with Crippen LogP contribution in [0.5, 0.6) is 0 Å². The molecule has 0 fully saturated rings. The van der Waals surface area contributed by atoms with Gasteiger partial charge in [0.25, 0.3) is 0 Å². The van der Waals surface area contributed by atoms with Crippen LogP contribution in [0.15, 0.2) is 0 Å². The normalized spacial score (nSPS) is 11.7. The average molecular weight is 670 g/mol. The van der Waals surface area contributed by atoms with Crippen molar-refractivity contribution in [2.24, 2.45) is 5.73 Å². The van der Waals surface area contributed by atoms with Crippen molar-refractivity contribution in [1.82, 2.24) is 10.6 Å². The molecule has 0 unspecified atom stereocenters. The van der Waals surface area contributed by atoms with E-state index >= 15 is 0 Å². The summed E-state index contributed by atoms with van der Waals surface area (Å²) in [5.74, 6) is 6.84. The minimum Gasteiger partial charge on any atom is -0.379 e. The molecule has 0 spiro atoms. The number of nitrogens with one attached hydrogen (secondary N) is 2. The third-order valence-electron chi connectivity index (χ3n) is 5.82. The van der Waals surface area contributed by atoms with Gasteiger partial charge in [-0.15, -0.1) is 19.3 Å². The Hall–Kier alpha value is -2.78. The first-order valence-electron chi connectivity index (χ1n) is 15.7. The lowest BCUT2D eigenvalue weighted by Gasteiger charge is -2.33. The van der Waals surface area contributed by atoms with Crippen LogP contribution in [0.3, 0.4) is 0 Å². The van der Waals surface area contributed by atoms with Crippen molar-refractivity contribution < 1.29 is 52.2 Å². The summed E-state index contributed by atoms with van der Waals surface area (Å²) >= 11 is 0. The summed E-state index contributed by atoms with van der Waals surface area (Å²) in [6, 6.07) is 0.0194. The standard InChI is InChI=1S/C33H55N3O11/c1-5-12-45-27-33(28-46-13-6-2,29-47-14-7-3)36-32(38)10-15-39-17-19-41-21-23-43-25-26-44-24-22-42-20-18-40-16-11-35-31(37)9-8-30(4)34/h1-3,30H,8-29,34H2,4H3,(H,35,37)(H,36,38)/t30-/m1/s1. The summed E-state index contributed by atoms with van der Waals surface area (Å²) in [5, 5.41) is 5.68. The number of carbonyl (C=O) groups is 2. The van der Waals surface area contributed by atoms with Gasteiger partial charge in [-0.05, 0) is 13.3 Å². The number of ether oxygens (including phenoxy) is 9. The van der Waals surface area contributed by atoms with Gasteiger partial charge >= 0.3 is 0 Å². The molecule has 0 aromatic rings. The predicted octanol–water partition coefficient (Wildman–Crippen LogP) is -0.476. The smallest absolute Gasteiger partial charge is 0.222 e. The molecular weight excluding hydrogens is 614 g/mol. The number of amides is 2. The highest BCUT2D eigenvalue weighted by molar-refractivity contribution is 5.77. The Kier molecular flexibility index (Phi) is 31.2. The third-order valence-corrected chi connectivity index (χ3v) is 5.82. The molecule has 0 saturated heterocycles. The fourth-order valence-corrected chi connectivity index (χ4v) is 3.58. The summed E-state index contributed by atoms with van der Waals surface area (Å²) in [4.78, 5) is 24.2. The molecule has 2 amide bonds. The molecule has 0 bridgehead atoms. The summed E-state index contributed by atoms with van der Waals surface area (Å²) in [6.45, 7) is 7.42. The zero-order valence-corrected chi connectivity index (χ0v) is 27.9. The van der Waals surface area contributed by atoms with Crippen LogP contribution < -0.4 is 16.4 Å². The van der Waals surface area contributed by atoms with Crippen molar-refractivity contribution in [2.75, 3.05) is 125 Å².